The Kier molecular flexibility index (Phi) is 4.38. The number of hydrogen-bond acceptors (Lipinski definition) is 3. The van der Waals surface area contributed by atoms with Crippen molar-refractivity contribution < 1.29 is 9.53 Å². The molecule has 0 fully saturated rings. The fourth-order valence-electron chi connectivity index (χ4n) is 1.68. The second-order valence-electron chi connectivity index (χ2n) is 3.84. The number of pyridine rings is 1. The van der Waals surface area contributed by atoms with Crippen LogP contribution in [0.3, 0.4) is 0 Å². The molecule has 20 heavy (non-hydrogen) atoms. The molecule has 2 rings (SSSR count). The number of benzene rings is 1. The molecular weight excluding hydrogens is 325 g/mol. The highest BCUT2D eigenvalue weighted by atomic mass is 35.5. The van der Waals surface area contributed by atoms with Gasteiger partial charge in [0.25, 0.3) is 5.56 Å². The maximum absolute atomic E-state index is 11.6. The van der Waals surface area contributed by atoms with Crippen LogP contribution >= 0.6 is 34.8 Å². The third kappa shape index (κ3) is 2.68. The number of aromatic nitrogens is 1. The Morgan fingerprint density at radius 2 is 1.85 bits per heavy atom. The number of aromatic amines is 1. The van der Waals surface area contributed by atoms with E-state index in [-0.39, 0.29) is 10.6 Å². The highest BCUT2D eigenvalue weighted by Crippen LogP contribution is 2.38. The minimum atomic E-state index is -0.748. The molecule has 0 spiro atoms. The van der Waals surface area contributed by atoms with Crippen molar-refractivity contribution in [3.05, 3.63) is 55.4 Å². The van der Waals surface area contributed by atoms with Crippen molar-refractivity contribution in [1.82, 2.24) is 4.98 Å². The van der Waals surface area contributed by atoms with Crippen LogP contribution in [-0.2, 0) is 4.74 Å². The number of H-pyrrole nitrogens is 1. The summed E-state index contributed by atoms with van der Waals surface area (Å²) in [6.07, 6.45) is 1.40. The summed E-state index contributed by atoms with van der Waals surface area (Å²) in [5.74, 6) is -0.748. The average molecular weight is 333 g/mol. The van der Waals surface area contributed by atoms with E-state index in [0.29, 0.717) is 21.2 Å². The summed E-state index contributed by atoms with van der Waals surface area (Å²) in [7, 11) is 1.19. The van der Waals surface area contributed by atoms with Gasteiger partial charge in [-0.1, -0.05) is 34.8 Å². The number of nitrogens with one attached hydrogen (secondary N) is 1. The standard InChI is InChI=1S/C13H8Cl3NO3/c1-20-13(19)7-4-6(5-17-12(7)18)10-8(14)2-3-9(15)11(10)16/h2-5H,1H3,(H,17,18). The van der Waals surface area contributed by atoms with Gasteiger partial charge in [0.15, 0.2) is 0 Å². The molecule has 4 nitrogen and oxygen atoms in total. The van der Waals surface area contributed by atoms with Gasteiger partial charge in [-0.3, -0.25) is 4.79 Å². The molecule has 1 aromatic carbocycles. The van der Waals surface area contributed by atoms with Gasteiger partial charge < -0.3 is 9.72 Å². The SMILES string of the molecule is COC(=O)c1cc(-c2c(Cl)ccc(Cl)c2Cl)c[nH]c1=O. The van der Waals surface area contributed by atoms with Crippen LogP contribution < -0.4 is 5.56 Å². The van der Waals surface area contributed by atoms with Crippen LogP contribution in [0.15, 0.2) is 29.2 Å². The van der Waals surface area contributed by atoms with Crippen molar-refractivity contribution in [2.24, 2.45) is 0 Å². The first-order chi connectivity index (χ1) is 9.45. The molecule has 0 aliphatic rings. The fraction of sp³-hybridized carbons (Fsp3) is 0.0769. The molecule has 0 bridgehead atoms. The smallest absolute Gasteiger partial charge is 0.343 e. The van der Waals surface area contributed by atoms with E-state index in [4.69, 9.17) is 34.8 Å². The lowest BCUT2D eigenvalue weighted by Crippen LogP contribution is -2.18. The van der Waals surface area contributed by atoms with Gasteiger partial charge in [0.05, 0.1) is 22.2 Å². The molecule has 1 N–H and O–H groups in total. The van der Waals surface area contributed by atoms with Crippen molar-refractivity contribution in [1.29, 1.82) is 0 Å². The van der Waals surface area contributed by atoms with Crippen LogP contribution in [0.1, 0.15) is 10.4 Å². The highest BCUT2D eigenvalue weighted by molar-refractivity contribution is 6.46. The Balaban J connectivity index is 2.69. The second kappa shape index (κ2) is 5.87. The molecule has 0 atom stereocenters. The number of esters is 1. The van der Waals surface area contributed by atoms with Gasteiger partial charge in [-0.15, -0.1) is 0 Å². The number of carbonyl (C=O) groups is 1. The molecule has 0 saturated heterocycles. The van der Waals surface area contributed by atoms with Gasteiger partial charge in [0, 0.05) is 17.3 Å². The number of carbonyl (C=O) groups excluding carboxylic acids is 1. The third-order valence-corrected chi connectivity index (χ3v) is 3.76. The Bertz CT molecular complexity index is 740. The molecule has 0 saturated carbocycles. The van der Waals surface area contributed by atoms with Crippen LogP contribution in [0.2, 0.25) is 15.1 Å². The zero-order chi connectivity index (χ0) is 14.9. The number of hydrogen-bond donors (Lipinski definition) is 1. The zero-order valence-electron chi connectivity index (χ0n) is 10.2. The molecule has 0 radical (unpaired) electrons. The first kappa shape index (κ1) is 14.9. The molecule has 1 aromatic heterocycles. The maximum atomic E-state index is 11.6. The minimum absolute atomic E-state index is 0.142. The molecule has 0 unspecified atom stereocenters. The van der Waals surface area contributed by atoms with Crippen LogP contribution in [0.25, 0.3) is 11.1 Å². The lowest BCUT2D eigenvalue weighted by atomic mass is 10.1. The topological polar surface area (TPSA) is 59.2 Å². The summed E-state index contributed by atoms with van der Waals surface area (Å²) in [4.78, 5) is 25.6. The molecule has 0 aliphatic heterocycles. The summed E-state index contributed by atoms with van der Waals surface area (Å²) in [6, 6.07) is 4.49. The summed E-state index contributed by atoms with van der Waals surface area (Å²) in [6.45, 7) is 0. The first-order valence-electron chi connectivity index (χ1n) is 5.40. The van der Waals surface area contributed by atoms with Crippen LogP contribution in [0.4, 0.5) is 0 Å². The lowest BCUT2D eigenvalue weighted by molar-refractivity contribution is 0.0598. The van der Waals surface area contributed by atoms with E-state index in [2.05, 4.69) is 9.72 Å². The Labute approximate surface area is 129 Å². The van der Waals surface area contributed by atoms with E-state index in [9.17, 15) is 9.59 Å². The summed E-state index contributed by atoms with van der Waals surface area (Å²) >= 11 is 18.1. The molecule has 2 aromatic rings. The number of methoxy groups -OCH3 is 1. The van der Waals surface area contributed by atoms with E-state index >= 15 is 0 Å². The van der Waals surface area contributed by atoms with Crippen molar-refractivity contribution in [2.75, 3.05) is 7.11 Å². The van der Waals surface area contributed by atoms with Crippen molar-refractivity contribution in [3.63, 3.8) is 0 Å². The second-order valence-corrected chi connectivity index (χ2v) is 5.03. The van der Waals surface area contributed by atoms with E-state index < -0.39 is 11.5 Å². The van der Waals surface area contributed by atoms with E-state index in [1.807, 2.05) is 0 Å². The van der Waals surface area contributed by atoms with Gasteiger partial charge in [0.1, 0.15) is 5.56 Å². The maximum Gasteiger partial charge on any atom is 0.343 e. The Morgan fingerprint density at radius 1 is 1.20 bits per heavy atom. The van der Waals surface area contributed by atoms with Gasteiger partial charge in [-0.2, -0.15) is 0 Å². The Morgan fingerprint density at radius 3 is 2.50 bits per heavy atom. The molecule has 0 amide bonds. The first-order valence-corrected chi connectivity index (χ1v) is 6.54. The monoisotopic (exact) mass is 331 g/mol. The van der Waals surface area contributed by atoms with Crippen LogP contribution in [0.5, 0.6) is 0 Å². The minimum Gasteiger partial charge on any atom is -0.465 e. The molecular formula is C13H8Cl3NO3. The fourth-order valence-corrected chi connectivity index (χ4v) is 2.43. The van der Waals surface area contributed by atoms with Crippen molar-refractivity contribution >= 4 is 40.8 Å². The van der Waals surface area contributed by atoms with E-state index in [1.54, 1.807) is 12.1 Å². The van der Waals surface area contributed by atoms with Crippen molar-refractivity contribution in [2.45, 2.75) is 0 Å². The molecule has 0 aliphatic carbocycles. The molecule has 1 heterocycles. The third-order valence-electron chi connectivity index (χ3n) is 2.64. The predicted octanol–water partition coefficient (Wildman–Crippen LogP) is 3.79. The lowest BCUT2D eigenvalue weighted by Gasteiger charge is -2.09. The van der Waals surface area contributed by atoms with E-state index in [0.717, 1.165) is 0 Å². The predicted molar refractivity (Wildman–Crippen MR) is 78.9 cm³/mol. The quantitative estimate of drug-likeness (QED) is 0.672. The summed E-state index contributed by atoms with van der Waals surface area (Å²) in [5.41, 5.74) is 0.191. The summed E-state index contributed by atoms with van der Waals surface area (Å²) < 4.78 is 4.54. The molecule has 7 heteroatoms. The molecule has 104 valence electrons. The van der Waals surface area contributed by atoms with Gasteiger partial charge in [-0.25, -0.2) is 4.79 Å². The van der Waals surface area contributed by atoms with Gasteiger partial charge in [0.2, 0.25) is 0 Å². The zero-order valence-corrected chi connectivity index (χ0v) is 12.4. The van der Waals surface area contributed by atoms with Crippen LogP contribution in [-0.4, -0.2) is 18.1 Å². The largest absolute Gasteiger partial charge is 0.465 e. The van der Waals surface area contributed by atoms with E-state index in [1.165, 1.54) is 19.4 Å². The highest BCUT2D eigenvalue weighted by Gasteiger charge is 2.16. The summed E-state index contributed by atoms with van der Waals surface area (Å²) in [5, 5.41) is 0.904. The van der Waals surface area contributed by atoms with Crippen molar-refractivity contribution in [3.8, 4) is 11.1 Å². The van der Waals surface area contributed by atoms with Crippen LogP contribution in [0, 0.1) is 0 Å². The number of rotatable bonds is 2. The normalized spacial score (nSPS) is 10.4. The number of halogens is 3. The van der Waals surface area contributed by atoms with Gasteiger partial charge in [-0.05, 0) is 18.2 Å². The number of ether oxygens (including phenoxy) is 1. The van der Waals surface area contributed by atoms with Gasteiger partial charge >= 0.3 is 5.97 Å². The average Bonchev–Trinajstić information content (AvgIpc) is 2.44. The Hall–Kier alpha value is -1.49.